The molecule has 256 valence electrons. The van der Waals surface area contributed by atoms with Crippen LogP contribution in [0.1, 0.15) is 72.5 Å². The van der Waals surface area contributed by atoms with E-state index in [-0.39, 0.29) is 37.3 Å². The third kappa shape index (κ3) is 6.08. The van der Waals surface area contributed by atoms with Gasteiger partial charge < -0.3 is 29.3 Å². The summed E-state index contributed by atoms with van der Waals surface area (Å²) in [5, 5.41) is 10.7. The number of likely N-dealkylation sites (N-methyl/N-ethyl adjacent to an activating group) is 1. The Hall–Kier alpha value is -3.02. The molecule has 4 heterocycles. The van der Waals surface area contributed by atoms with Crippen LogP contribution in [-0.2, 0) is 28.7 Å². The molecule has 5 rings (SSSR count). The highest BCUT2D eigenvalue weighted by molar-refractivity contribution is 9.11. The SMILES string of the molecule is CC[C@H](C)[C@H](CO)N1C(=O)[C@H]2[C@@H]3C(=O)O[C@H](c4ccccc4)[C@@H](C)N(C)C(=O)CC/C=C\CN(C(C)(C)C)C(=O)[C@H]1[C@@]21C=C(Br)[C@@H]3O1. The molecule has 1 N–H and O–H groups in total. The zero-order valence-corrected chi connectivity index (χ0v) is 30.0. The summed E-state index contributed by atoms with van der Waals surface area (Å²) in [6.45, 7) is 11.5. The second-order valence-electron chi connectivity index (χ2n) is 14.4. The highest BCUT2D eigenvalue weighted by Gasteiger charge is 2.76. The van der Waals surface area contributed by atoms with Crippen molar-refractivity contribution < 1.29 is 33.8 Å². The number of esters is 1. The first-order valence-corrected chi connectivity index (χ1v) is 17.5. The van der Waals surface area contributed by atoms with Gasteiger partial charge in [-0.2, -0.15) is 0 Å². The molecule has 2 saturated heterocycles. The highest BCUT2D eigenvalue weighted by Crippen LogP contribution is 2.60. The number of amides is 3. The number of carbonyl (C=O) groups excluding carboxylic acids is 4. The minimum Gasteiger partial charge on any atom is -0.455 e. The third-order valence-electron chi connectivity index (χ3n) is 10.6. The molecule has 0 radical (unpaired) electrons. The predicted octanol–water partition coefficient (Wildman–Crippen LogP) is 4.38. The molecule has 11 heteroatoms. The number of carbonyl (C=O) groups is 4. The largest absolute Gasteiger partial charge is 0.455 e. The molecule has 0 aromatic heterocycles. The van der Waals surface area contributed by atoms with E-state index < -0.39 is 65.2 Å². The topological polar surface area (TPSA) is 117 Å². The number of fused-ring (bicyclic) bond motifs is 2. The summed E-state index contributed by atoms with van der Waals surface area (Å²) in [6, 6.07) is 6.94. The molecule has 1 aromatic rings. The zero-order chi connectivity index (χ0) is 34.4. The molecule has 5 bridgehead atoms. The van der Waals surface area contributed by atoms with Gasteiger partial charge in [-0.15, -0.1) is 0 Å². The van der Waals surface area contributed by atoms with Gasteiger partial charge >= 0.3 is 5.97 Å². The van der Waals surface area contributed by atoms with Crippen molar-refractivity contribution in [2.24, 2.45) is 17.8 Å². The lowest BCUT2D eigenvalue weighted by Gasteiger charge is -2.43. The number of aliphatic hydroxyl groups is 1. The quantitative estimate of drug-likeness (QED) is 0.356. The summed E-state index contributed by atoms with van der Waals surface area (Å²) in [5.74, 6) is -3.74. The summed E-state index contributed by atoms with van der Waals surface area (Å²) < 4.78 is 13.6. The second kappa shape index (κ2) is 13.5. The molecule has 3 amide bonds. The van der Waals surface area contributed by atoms with Crippen LogP contribution in [0.15, 0.2) is 53.0 Å². The molecule has 47 heavy (non-hydrogen) atoms. The van der Waals surface area contributed by atoms with Gasteiger partial charge in [0.2, 0.25) is 17.7 Å². The molecule has 0 unspecified atom stereocenters. The van der Waals surface area contributed by atoms with Crippen molar-refractivity contribution in [1.29, 1.82) is 0 Å². The van der Waals surface area contributed by atoms with Crippen molar-refractivity contribution in [2.45, 2.75) is 102 Å². The number of cyclic esters (lactones) is 1. The maximum absolute atomic E-state index is 14.9. The van der Waals surface area contributed by atoms with E-state index in [0.29, 0.717) is 22.9 Å². The van der Waals surface area contributed by atoms with E-state index in [9.17, 15) is 24.3 Å². The molecule has 1 spiro atoms. The minimum atomic E-state index is -1.45. The second-order valence-corrected chi connectivity index (χ2v) is 15.3. The Bertz CT molecular complexity index is 1440. The van der Waals surface area contributed by atoms with E-state index in [2.05, 4.69) is 15.9 Å². The third-order valence-corrected chi connectivity index (χ3v) is 11.3. The van der Waals surface area contributed by atoms with Crippen molar-refractivity contribution in [1.82, 2.24) is 14.7 Å². The van der Waals surface area contributed by atoms with E-state index in [1.54, 1.807) is 22.9 Å². The summed E-state index contributed by atoms with van der Waals surface area (Å²) in [4.78, 5) is 62.3. The average molecular weight is 715 g/mol. The minimum absolute atomic E-state index is 0.106. The predicted molar refractivity (Wildman–Crippen MR) is 180 cm³/mol. The maximum atomic E-state index is 14.9. The first-order chi connectivity index (χ1) is 22.2. The van der Waals surface area contributed by atoms with E-state index in [0.717, 1.165) is 0 Å². The fraction of sp³-hybridized carbons (Fsp3) is 0.611. The van der Waals surface area contributed by atoms with Crippen molar-refractivity contribution in [3.63, 3.8) is 0 Å². The van der Waals surface area contributed by atoms with E-state index in [1.807, 2.05) is 84.0 Å². The molecular weight excluding hydrogens is 666 g/mol. The van der Waals surface area contributed by atoms with Crippen molar-refractivity contribution in [3.05, 3.63) is 58.6 Å². The Morgan fingerprint density at radius 1 is 1.06 bits per heavy atom. The van der Waals surface area contributed by atoms with Crippen molar-refractivity contribution in [2.75, 3.05) is 20.2 Å². The lowest BCUT2D eigenvalue weighted by atomic mass is 9.74. The normalized spacial score (nSPS) is 33.9. The van der Waals surface area contributed by atoms with Crippen LogP contribution in [0.5, 0.6) is 0 Å². The number of ether oxygens (including phenoxy) is 2. The van der Waals surface area contributed by atoms with Gasteiger partial charge in [-0.25, -0.2) is 0 Å². The van der Waals surface area contributed by atoms with Gasteiger partial charge in [0, 0.05) is 30.0 Å². The van der Waals surface area contributed by atoms with Crippen LogP contribution in [0.3, 0.4) is 0 Å². The molecule has 4 aliphatic heterocycles. The molecular formula is C36H48BrN3O7. The summed E-state index contributed by atoms with van der Waals surface area (Å²) in [6.07, 6.45) is 5.27. The van der Waals surface area contributed by atoms with Crippen LogP contribution in [0, 0.1) is 17.8 Å². The van der Waals surface area contributed by atoms with Crippen molar-refractivity contribution in [3.8, 4) is 0 Å². The fourth-order valence-electron chi connectivity index (χ4n) is 7.62. The molecule has 10 nitrogen and oxygen atoms in total. The lowest BCUT2D eigenvalue weighted by molar-refractivity contribution is -0.165. The standard InChI is InChI=1S/C36H48BrN3O7/c1-8-21(2)25(20-41)40-31-33(44)39(35(4,5)6)18-14-10-13-17-26(42)38(7)22(3)29(23-15-11-9-12-16-23)46-34(45)27-28(32(40)43)36(31)19-24(37)30(27)47-36/h9-12,14-16,19,21-22,25,27-31,41H,8,13,17-18,20H2,1-7H3/b14-10-/t21-,22+,25-,27-,28+,29-,30-,31-,36+/m0/s1. The monoisotopic (exact) mass is 713 g/mol. The summed E-state index contributed by atoms with van der Waals surface area (Å²) in [7, 11) is 1.70. The van der Waals surface area contributed by atoms with Gasteiger partial charge in [-0.1, -0.05) is 78.7 Å². The highest BCUT2D eigenvalue weighted by atomic mass is 79.9. The number of hydrogen-bond acceptors (Lipinski definition) is 7. The Morgan fingerprint density at radius 3 is 2.36 bits per heavy atom. The van der Waals surface area contributed by atoms with Gasteiger partial charge in [0.15, 0.2) is 0 Å². The number of halogens is 1. The fourth-order valence-corrected chi connectivity index (χ4v) is 8.36. The van der Waals surface area contributed by atoms with Crippen LogP contribution in [0.2, 0.25) is 0 Å². The van der Waals surface area contributed by atoms with Gasteiger partial charge in [0.25, 0.3) is 0 Å². The van der Waals surface area contributed by atoms with Crippen LogP contribution >= 0.6 is 15.9 Å². The number of aliphatic hydroxyl groups excluding tert-OH is 1. The molecule has 0 aliphatic carbocycles. The lowest BCUT2D eigenvalue weighted by Crippen LogP contribution is -2.62. The first kappa shape index (κ1) is 35.3. The number of rotatable bonds is 5. The summed E-state index contributed by atoms with van der Waals surface area (Å²) in [5.41, 5.74) is -1.39. The Kier molecular flexibility index (Phi) is 10.1. The Labute approximate surface area is 286 Å². The maximum Gasteiger partial charge on any atom is 0.313 e. The van der Waals surface area contributed by atoms with E-state index in [4.69, 9.17) is 9.47 Å². The smallest absolute Gasteiger partial charge is 0.313 e. The van der Waals surface area contributed by atoms with E-state index in [1.165, 1.54) is 4.90 Å². The van der Waals surface area contributed by atoms with Crippen LogP contribution < -0.4 is 0 Å². The van der Waals surface area contributed by atoms with Crippen molar-refractivity contribution >= 4 is 39.6 Å². The van der Waals surface area contributed by atoms with Gasteiger partial charge in [0.1, 0.15) is 29.8 Å². The van der Waals surface area contributed by atoms with E-state index >= 15 is 0 Å². The average Bonchev–Trinajstić information content (AvgIpc) is 3.63. The van der Waals surface area contributed by atoms with Gasteiger partial charge in [-0.3, -0.25) is 19.2 Å². The van der Waals surface area contributed by atoms with Gasteiger partial charge in [0.05, 0.1) is 24.6 Å². The van der Waals surface area contributed by atoms with Crippen LogP contribution in [0.25, 0.3) is 0 Å². The number of likely N-dealkylation sites (tertiary alicyclic amines) is 1. The Morgan fingerprint density at radius 2 is 1.74 bits per heavy atom. The molecule has 1 aromatic carbocycles. The number of allylic oxidation sites excluding steroid dienone is 1. The van der Waals surface area contributed by atoms with Crippen LogP contribution in [-0.4, -0.2) is 99.1 Å². The van der Waals surface area contributed by atoms with Crippen LogP contribution in [0.4, 0.5) is 0 Å². The zero-order valence-electron chi connectivity index (χ0n) is 28.4. The molecule has 2 fully saturated rings. The molecule has 4 aliphatic rings. The Balaban J connectivity index is 1.68. The number of nitrogens with zero attached hydrogens (tertiary/aromatic N) is 3. The number of hydrogen-bond donors (Lipinski definition) is 1. The molecule has 0 saturated carbocycles. The van der Waals surface area contributed by atoms with Gasteiger partial charge in [-0.05, 0) is 51.7 Å². The first-order valence-electron chi connectivity index (χ1n) is 16.7. The molecule has 9 atom stereocenters. The number of benzene rings is 1. The summed E-state index contributed by atoms with van der Waals surface area (Å²) >= 11 is 3.62.